The lowest BCUT2D eigenvalue weighted by molar-refractivity contribution is -0.138. The van der Waals surface area contributed by atoms with Gasteiger partial charge in [0, 0.05) is 36.6 Å². The molecule has 0 radical (unpaired) electrons. The zero-order valence-electron chi connectivity index (χ0n) is 13.9. The van der Waals surface area contributed by atoms with E-state index in [1.165, 1.54) is 12.3 Å². The van der Waals surface area contributed by atoms with Crippen LogP contribution >= 0.6 is 0 Å². The first-order chi connectivity index (χ1) is 11.5. The lowest BCUT2D eigenvalue weighted by Gasteiger charge is -2.24. The van der Waals surface area contributed by atoms with Crippen molar-refractivity contribution in [1.29, 1.82) is 0 Å². The number of carbonyl (C=O) groups excluding carboxylic acids is 1. The minimum atomic E-state index is -2.50. The van der Waals surface area contributed by atoms with Crippen LogP contribution in [0.25, 0.3) is 0 Å². The number of nitrogens with one attached hydrogen (secondary N) is 1. The lowest BCUT2D eigenvalue weighted by atomic mass is 10.1. The topological polar surface area (TPSA) is 81.7 Å². The molecule has 0 fully saturated rings. The Kier molecular flexibility index (Phi) is 8.99. The molecule has 132 valence electrons. The fraction of sp³-hybridized carbons (Fsp3) is 0.353. The smallest absolute Gasteiger partial charge is 0.337 e. The van der Waals surface area contributed by atoms with E-state index in [0.717, 1.165) is 9.87 Å². The van der Waals surface area contributed by atoms with Crippen LogP contribution in [0.1, 0.15) is 19.4 Å². The Bertz CT molecular complexity index is 590. The maximum atomic E-state index is 12.2. The Morgan fingerprint density at radius 2 is 2.12 bits per heavy atom. The standard InChI is InChI=1S/C17H24N2O4S/c1-4-11-19(24(21)22)13-16(17(20)23-5-2)14(3)18-12-15-9-7-6-8-10-15/h4,6-10,13-14,18H,1,5,11-12H2,2-3H3,(H,21,22)/p-1/b16-13+. The first-order valence-electron chi connectivity index (χ1n) is 7.62. The Morgan fingerprint density at radius 3 is 2.67 bits per heavy atom. The number of carbonyl (C=O) groups is 1. The van der Waals surface area contributed by atoms with Crippen LogP contribution in [-0.2, 0) is 27.3 Å². The molecule has 0 aliphatic carbocycles. The summed E-state index contributed by atoms with van der Waals surface area (Å²) in [5.74, 6) is -0.551. The molecular weight excluding hydrogens is 328 g/mol. The number of rotatable bonds is 10. The normalized spacial score (nSPS) is 13.9. The van der Waals surface area contributed by atoms with Crippen LogP contribution < -0.4 is 5.32 Å². The first-order valence-corrected chi connectivity index (χ1v) is 8.65. The highest BCUT2D eigenvalue weighted by molar-refractivity contribution is 7.76. The van der Waals surface area contributed by atoms with E-state index in [2.05, 4.69) is 11.9 Å². The van der Waals surface area contributed by atoms with Crippen molar-refractivity contribution >= 4 is 17.2 Å². The van der Waals surface area contributed by atoms with E-state index in [1.807, 2.05) is 30.3 Å². The summed E-state index contributed by atoms with van der Waals surface area (Å²) in [5.41, 5.74) is 1.29. The van der Waals surface area contributed by atoms with E-state index in [0.29, 0.717) is 6.54 Å². The van der Waals surface area contributed by atoms with Gasteiger partial charge >= 0.3 is 5.97 Å². The summed E-state index contributed by atoms with van der Waals surface area (Å²) in [6.07, 6.45) is 2.72. The molecule has 1 N–H and O–H groups in total. The fourth-order valence-electron chi connectivity index (χ4n) is 1.97. The number of esters is 1. The monoisotopic (exact) mass is 351 g/mol. The molecule has 0 aliphatic heterocycles. The number of ether oxygens (including phenoxy) is 1. The SMILES string of the molecule is C=CCN(/C=C(/C(=O)OCC)C(C)NCc1ccccc1)S(=O)[O-]. The molecule has 1 aromatic rings. The molecule has 1 aromatic carbocycles. The number of hydrogen-bond donors (Lipinski definition) is 1. The van der Waals surface area contributed by atoms with Gasteiger partial charge in [0.25, 0.3) is 0 Å². The molecule has 6 nitrogen and oxygen atoms in total. The summed E-state index contributed by atoms with van der Waals surface area (Å²) in [7, 11) is 0. The molecule has 1 rings (SSSR count). The molecule has 0 aromatic heterocycles. The first kappa shape index (κ1) is 20.1. The molecule has 0 saturated heterocycles. The minimum absolute atomic E-state index is 0.0738. The summed E-state index contributed by atoms with van der Waals surface area (Å²) in [4.78, 5) is 12.2. The lowest BCUT2D eigenvalue weighted by Crippen LogP contribution is -2.34. The van der Waals surface area contributed by atoms with Crippen molar-refractivity contribution in [3.63, 3.8) is 0 Å². The third-order valence-corrected chi connectivity index (χ3v) is 3.85. The van der Waals surface area contributed by atoms with Crippen molar-refractivity contribution in [3.05, 3.63) is 60.3 Å². The summed E-state index contributed by atoms with van der Waals surface area (Å²) in [5, 5.41) is 3.20. The molecule has 0 heterocycles. The van der Waals surface area contributed by atoms with Crippen LogP contribution in [0.4, 0.5) is 0 Å². The van der Waals surface area contributed by atoms with Gasteiger partial charge in [-0.1, -0.05) is 36.4 Å². The van der Waals surface area contributed by atoms with Gasteiger partial charge in [-0.3, -0.25) is 4.21 Å². The van der Waals surface area contributed by atoms with Crippen molar-refractivity contribution in [3.8, 4) is 0 Å². The van der Waals surface area contributed by atoms with Crippen molar-refractivity contribution in [1.82, 2.24) is 9.62 Å². The number of hydrogen-bond acceptors (Lipinski definition) is 5. The second-order valence-corrected chi connectivity index (χ2v) is 5.90. The predicted octanol–water partition coefficient (Wildman–Crippen LogP) is 1.89. The van der Waals surface area contributed by atoms with E-state index in [4.69, 9.17) is 4.74 Å². The van der Waals surface area contributed by atoms with Crippen LogP contribution in [-0.4, -0.2) is 38.2 Å². The van der Waals surface area contributed by atoms with Crippen molar-refractivity contribution in [2.24, 2.45) is 0 Å². The molecule has 24 heavy (non-hydrogen) atoms. The Morgan fingerprint density at radius 1 is 1.46 bits per heavy atom. The Balaban J connectivity index is 2.92. The average molecular weight is 351 g/mol. The summed E-state index contributed by atoms with van der Waals surface area (Å²) < 4.78 is 28.6. The molecule has 0 bridgehead atoms. The maximum absolute atomic E-state index is 12.2. The Labute approximate surface area is 145 Å². The van der Waals surface area contributed by atoms with E-state index in [1.54, 1.807) is 13.8 Å². The average Bonchev–Trinajstić information content (AvgIpc) is 2.57. The van der Waals surface area contributed by atoms with Gasteiger partial charge in [-0.15, -0.1) is 6.58 Å². The second kappa shape index (κ2) is 10.7. The summed E-state index contributed by atoms with van der Waals surface area (Å²) in [6, 6.07) is 9.31. The maximum Gasteiger partial charge on any atom is 0.337 e. The zero-order valence-corrected chi connectivity index (χ0v) is 14.8. The fourth-order valence-corrected chi connectivity index (χ4v) is 2.40. The van der Waals surface area contributed by atoms with Gasteiger partial charge in [0.05, 0.1) is 12.2 Å². The molecular formula is C17H23N2O4S-. The molecule has 2 atom stereocenters. The van der Waals surface area contributed by atoms with Crippen LogP contribution in [0.3, 0.4) is 0 Å². The van der Waals surface area contributed by atoms with Crippen LogP contribution in [0.15, 0.2) is 54.8 Å². The van der Waals surface area contributed by atoms with E-state index < -0.39 is 17.2 Å². The van der Waals surface area contributed by atoms with E-state index in [9.17, 15) is 13.6 Å². The van der Waals surface area contributed by atoms with Crippen molar-refractivity contribution in [2.75, 3.05) is 13.2 Å². The highest BCUT2D eigenvalue weighted by atomic mass is 32.2. The van der Waals surface area contributed by atoms with E-state index in [-0.39, 0.29) is 24.8 Å². The molecule has 0 saturated carbocycles. The van der Waals surface area contributed by atoms with Gasteiger partial charge < -0.3 is 18.9 Å². The van der Waals surface area contributed by atoms with Crippen LogP contribution in [0, 0.1) is 0 Å². The largest absolute Gasteiger partial charge is 0.755 e. The highest BCUT2D eigenvalue weighted by Crippen LogP contribution is 2.10. The summed E-state index contributed by atoms with van der Waals surface area (Å²) >= 11 is -2.50. The minimum Gasteiger partial charge on any atom is -0.755 e. The molecule has 0 aliphatic rings. The quantitative estimate of drug-likeness (QED) is 0.301. The molecule has 0 amide bonds. The van der Waals surface area contributed by atoms with E-state index >= 15 is 0 Å². The third-order valence-electron chi connectivity index (χ3n) is 3.22. The van der Waals surface area contributed by atoms with Gasteiger partial charge in [-0.25, -0.2) is 4.79 Å². The van der Waals surface area contributed by atoms with Crippen LogP contribution in [0.5, 0.6) is 0 Å². The summed E-state index contributed by atoms with van der Waals surface area (Å²) in [6.45, 7) is 7.83. The Hall–Kier alpha value is -1.96. The number of nitrogens with zero attached hydrogens (tertiary/aromatic N) is 1. The van der Waals surface area contributed by atoms with Gasteiger partial charge in [-0.2, -0.15) is 0 Å². The highest BCUT2D eigenvalue weighted by Gasteiger charge is 2.19. The van der Waals surface area contributed by atoms with Gasteiger partial charge in [0.2, 0.25) is 0 Å². The van der Waals surface area contributed by atoms with Crippen molar-refractivity contribution < 1.29 is 18.3 Å². The molecule has 7 heteroatoms. The molecule has 2 unspecified atom stereocenters. The van der Waals surface area contributed by atoms with Gasteiger partial charge in [-0.05, 0) is 19.4 Å². The predicted molar refractivity (Wildman–Crippen MR) is 93.3 cm³/mol. The van der Waals surface area contributed by atoms with Crippen molar-refractivity contribution in [2.45, 2.75) is 26.4 Å². The third kappa shape index (κ3) is 6.66. The zero-order chi connectivity index (χ0) is 17.9. The van der Waals surface area contributed by atoms with Gasteiger partial charge in [0.1, 0.15) is 0 Å². The van der Waals surface area contributed by atoms with Gasteiger partial charge in [0.15, 0.2) is 0 Å². The van der Waals surface area contributed by atoms with Crippen LogP contribution in [0.2, 0.25) is 0 Å². The second-order valence-electron chi connectivity index (χ2n) is 5.00. The molecule has 0 spiro atoms. The number of benzene rings is 1.